The van der Waals surface area contributed by atoms with Crippen molar-refractivity contribution in [2.75, 3.05) is 0 Å². The SMILES string of the molecule is Cc1ccc(N=c2sc(=S)n3n2Cc2ccccc2C3)cc1. The number of rotatable bonds is 1. The van der Waals surface area contributed by atoms with E-state index in [1.807, 2.05) is 12.1 Å². The van der Waals surface area contributed by atoms with Gasteiger partial charge in [-0.2, -0.15) is 0 Å². The van der Waals surface area contributed by atoms with Gasteiger partial charge < -0.3 is 0 Å². The molecule has 0 fully saturated rings. The normalized spacial score (nSPS) is 13.8. The van der Waals surface area contributed by atoms with Crippen LogP contribution >= 0.6 is 23.6 Å². The first-order valence-corrected chi connectivity index (χ1v) is 8.42. The third-order valence-electron chi connectivity index (χ3n) is 3.92. The molecule has 3 aromatic rings. The molecule has 0 saturated heterocycles. The molecule has 1 aliphatic rings. The van der Waals surface area contributed by atoms with Gasteiger partial charge in [0.2, 0.25) is 4.80 Å². The summed E-state index contributed by atoms with van der Waals surface area (Å²) in [5.41, 5.74) is 4.91. The lowest BCUT2D eigenvalue weighted by Crippen LogP contribution is -2.29. The molecule has 0 amide bonds. The highest BCUT2D eigenvalue weighted by molar-refractivity contribution is 7.73. The summed E-state index contributed by atoms with van der Waals surface area (Å²) >= 11 is 7.10. The molecule has 0 N–H and O–H groups in total. The van der Waals surface area contributed by atoms with Crippen LogP contribution in [0.3, 0.4) is 0 Å². The molecule has 2 heterocycles. The van der Waals surface area contributed by atoms with Gasteiger partial charge in [0.05, 0.1) is 18.8 Å². The lowest BCUT2D eigenvalue weighted by Gasteiger charge is -2.20. The minimum atomic E-state index is 0.827. The standard InChI is InChI=1S/C17H15N3S2/c1-12-6-8-15(9-7-12)18-16-19-10-13-4-2-3-5-14(13)11-20(19)17(21)22-16/h2-9H,10-11H2,1H3. The average Bonchev–Trinajstić information content (AvgIpc) is 2.83. The Hall–Kier alpha value is -1.98. The van der Waals surface area contributed by atoms with Crippen LogP contribution in [0.25, 0.3) is 0 Å². The number of fused-ring (bicyclic) bond motifs is 2. The van der Waals surface area contributed by atoms with E-state index in [2.05, 4.69) is 52.7 Å². The molecule has 0 radical (unpaired) electrons. The van der Waals surface area contributed by atoms with Gasteiger partial charge in [-0.1, -0.05) is 53.3 Å². The van der Waals surface area contributed by atoms with E-state index in [0.29, 0.717) is 0 Å². The summed E-state index contributed by atoms with van der Waals surface area (Å²) in [5.74, 6) is 0. The first kappa shape index (κ1) is 13.7. The Kier molecular flexibility index (Phi) is 3.32. The lowest BCUT2D eigenvalue weighted by atomic mass is 10.1. The van der Waals surface area contributed by atoms with Crippen molar-refractivity contribution in [3.63, 3.8) is 0 Å². The maximum Gasteiger partial charge on any atom is 0.208 e. The van der Waals surface area contributed by atoms with Gasteiger partial charge in [-0.3, -0.25) is 9.36 Å². The number of hydrogen-bond acceptors (Lipinski definition) is 3. The van der Waals surface area contributed by atoms with Crippen molar-refractivity contribution in [3.05, 3.63) is 74.0 Å². The van der Waals surface area contributed by atoms with Crippen molar-refractivity contribution in [1.82, 2.24) is 9.36 Å². The molecule has 1 aliphatic heterocycles. The second kappa shape index (κ2) is 5.34. The van der Waals surface area contributed by atoms with Gasteiger partial charge in [-0.15, -0.1) is 0 Å². The average molecular weight is 325 g/mol. The molecule has 1 aromatic heterocycles. The summed E-state index contributed by atoms with van der Waals surface area (Å²) in [5, 5.41) is 0. The summed E-state index contributed by atoms with van der Waals surface area (Å²) in [7, 11) is 0. The fourth-order valence-corrected chi connectivity index (χ4v) is 3.92. The number of nitrogens with zero attached hydrogens (tertiary/aromatic N) is 3. The van der Waals surface area contributed by atoms with Gasteiger partial charge in [0.1, 0.15) is 0 Å². The molecule has 0 spiro atoms. The topological polar surface area (TPSA) is 22.2 Å². The second-order valence-corrected chi connectivity index (χ2v) is 7.08. The Morgan fingerprint density at radius 1 is 0.955 bits per heavy atom. The molecule has 4 rings (SSSR count). The van der Waals surface area contributed by atoms with E-state index < -0.39 is 0 Å². The van der Waals surface area contributed by atoms with Crippen molar-refractivity contribution in [2.24, 2.45) is 4.99 Å². The minimum absolute atomic E-state index is 0.827. The number of benzene rings is 2. The molecule has 0 bridgehead atoms. The third-order valence-corrected chi connectivity index (χ3v) is 5.25. The van der Waals surface area contributed by atoms with Crippen LogP contribution in [0.5, 0.6) is 0 Å². The Morgan fingerprint density at radius 3 is 2.27 bits per heavy atom. The highest BCUT2D eigenvalue weighted by Gasteiger charge is 2.16. The van der Waals surface area contributed by atoms with E-state index in [4.69, 9.17) is 17.2 Å². The molecular weight excluding hydrogens is 310 g/mol. The van der Waals surface area contributed by atoms with Crippen molar-refractivity contribution in [3.8, 4) is 0 Å². The summed E-state index contributed by atoms with van der Waals surface area (Å²) in [6, 6.07) is 16.8. The summed E-state index contributed by atoms with van der Waals surface area (Å²) < 4.78 is 5.21. The van der Waals surface area contributed by atoms with E-state index >= 15 is 0 Å². The number of aromatic nitrogens is 2. The minimum Gasteiger partial charge on any atom is -0.259 e. The van der Waals surface area contributed by atoms with E-state index in [1.54, 1.807) is 11.3 Å². The molecule has 3 nitrogen and oxygen atoms in total. The molecule has 2 aromatic carbocycles. The zero-order chi connectivity index (χ0) is 15.1. The summed E-state index contributed by atoms with van der Waals surface area (Å²) in [6.45, 7) is 3.74. The molecule has 110 valence electrons. The maximum atomic E-state index is 5.53. The Bertz CT molecular complexity index is 959. The van der Waals surface area contributed by atoms with Crippen LogP contribution in [0.15, 0.2) is 53.5 Å². The van der Waals surface area contributed by atoms with Crippen LogP contribution in [0.1, 0.15) is 16.7 Å². The monoisotopic (exact) mass is 325 g/mol. The van der Waals surface area contributed by atoms with Gasteiger partial charge in [-0.05, 0) is 42.4 Å². The summed E-state index contributed by atoms with van der Waals surface area (Å²) in [4.78, 5) is 5.74. The van der Waals surface area contributed by atoms with Crippen LogP contribution in [-0.4, -0.2) is 9.36 Å². The highest BCUT2D eigenvalue weighted by atomic mass is 32.1. The molecule has 5 heteroatoms. The summed E-state index contributed by atoms with van der Waals surface area (Å²) in [6.07, 6.45) is 0. The molecule has 0 aliphatic carbocycles. The number of aryl methyl sites for hydroxylation is 1. The van der Waals surface area contributed by atoms with Gasteiger partial charge >= 0.3 is 0 Å². The molecular formula is C17H15N3S2. The first-order chi connectivity index (χ1) is 10.7. The number of hydrogen-bond donors (Lipinski definition) is 0. The fourth-order valence-electron chi connectivity index (χ4n) is 2.69. The van der Waals surface area contributed by atoms with Crippen molar-refractivity contribution < 1.29 is 0 Å². The van der Waals surface area contributed by atoms with E-state index in [0.717, 1.165) is 27.5 Å². The fraction of sp³-hybridized carbons (Fsp3) is 0.176. The quantitative estimate of drug-likeness (QED) is 0.484. The van der Waals surface area contributed by atoms with Crippen LogP contribution in [-0.2, 0) is 13.1 Å². The zero-order valence-corrected chi connectivity index (χ0v) is 13.8. The second-order valence-electron chi connectivity index (χ2n) is 5.48. The van der Waals surface area contributed by atoms with Crippen molar-refractivity contribution in [2.45, 2.75) is 20.0 Å². The Balaban J connectivity index is 1.85. The molecule has 22 heavy (non-hydrogen) atoms. The smallest absolute Gasteiger partial charge is 0.208 e. The Labute approximate surface area is 137 Å². The molecule has 0 unspecified atom stereocenters. The predicted octanol–water partition coefficient (Wildman–Crippen LogP) is 4.03. The molecule has 0 saturated carbocycles. The van der Waals surface area contributed by atoms with Gasteiger partial charge in [0.15, 0.2) is 3.95 Å². The van der Waals surface area contributed by atoms with Crippen LogP contribution in [0.4, 0.5) is 5.69 Å². The maximum absolute atomic E-state index is 5.53. The van der Waals surface area contributed by atoms with E-state index in [1.165, 1.54) is 16.7 Å². The third kappa shape index (κ3) is 2.36. The Morgan fingerprint density at radius 2 is 1.59 bits per heavy atom. The van der Waals surface area contributed by atoms with Crippen LogP contribution in [0, 0.1) is 10.9 Å². The predicted molar refractivity (Wildman–Crippen MR) is 92.2 cm³/mol. The van der Waals surface area contributed by atoms with E-state index in [9.17, 15) is 0 Å². The highest BCUT2D eigenvalue weighted by Crippen LogP contribution is 2.19. The van der Waals surface area contributed by atoms with Gasteiger partial charge in [-0.25, -0.2) is 4.99 Å². The van der Waals surface area contributed by atoms with Crippen LogP contribution < -0.4 is 4.80 Å². The van der Waals surface area contributed by atoms with Crippen LogP contribution in [0.2, 0.25) is 0 Å². The lowest BCUT2D eigenvalue weighted by molar-refractivity contribution is 0.464. The first-order valence-electron chi connectivity index (χ1n) is 7.20. The van der Waals surface area contributed by atoms with Gasteiger partial charge in [0, 0.05) is 0 Å². The van der Waals surface area contributed by atoms with Crippen molar-refractivity contribution in [1.29, 1.82) is 0 Å². The molecule has 0 atom stereocenters. The largest absolute Gasteiger partial charge is 0.259 e. The zero-order valence-electron chi connectivity index (χ0n) is 12.2. The van der Waals surface area contributed by atoms with Gasteiger partial charge in [0.25, 0.3) is 0 Å². The van der Waals surface area contributed by atoms with Crippen molar-refractivity contribution >= 4 is 29.2 Å². The van der Waals surface area contributed by atoms with E-state index in [-0.39, 0.29) is 0 Å².